The predicted octanol–water partition coefficient (Wildman–Crippen LogP) is 0.386. The summed E-state index contributed by atoms with van der Waals surface area (Å²) in [4.78, 5) is 0. The Morgan fingerprint density at radius 2 is 2.32 bits per heavy atom. The number of hydrazone groups is 1. The number of hydrogen-bond donors (Lipinski definition) is 3. The monoisotopic (exact) mass is 343 g/mol. The number of rotatable bonds is 4. The standard InChI is InChI=1S/C13H17N3O4S2/c1-20-12-6-9(2-3-11(12)17)7-14-16-13(21)15-10-4-5-22(18,19)8-10/h2-3,6-7,10,17H,4-5,8H2,1H3,(H2,15,16,21)/b14-7+. The van der Waals surface area contributed by atoms with Crippen molar-refractivity contribution in [2.75, 3.05) is 18.6 Å². The molecule has 0 saturated carbocycles. The second-order valence-corrected chi connectivity index (χ2v) is 7.51. The van der Waals surface area contributed by atoms with Crippen molar-refractivity contribution in [2.45, 2.75) is 12.5 Å². The summed E-state index contributed by atoms with van der Waals surface area (Å²) in [5, 5.41) is 16.6. The molecule has 0 radical (unpaired) electrons. The van der Waals surface area contributed by atoms with Crippen LogP contribution in [0.2, 0.25) is 0 Å². The number of sulfone groups is 1. The molecule has 1 atom stereocenters. The van der Waals surface area contributed by atoms with E-state index in [0.29, 0.717) is 17.7 Å². The normalized spacial score (nSPS) is 20.0. The maximum atomic E-state index is 11.3. The number of phenolic OH excluding ortho intramolecular Hbond substituents is 1. The van der Waals surface area contributed by atoms with Crippen molar-refractivity contribution in [3.63, 3.8) is 0 Å². The van der Waals surface area contributed by atoms with E-state index in [0.717, 1.165) is 0 Å². The van der Waals surface area contributed by atoms with Crippen LogP contribution in [0.4, 0.5) is 0 Å². The van der Waals surface area contributed by atoms with Crippen molar-refractivity contribution in [3.8, 4) is 11.5 Å². The summed E-state index contributed by atoms with van der Waals surface area (Å²) in [7, 11) is -1.48. The minimum atomic E-state index is -2.94. The zero-order valence-corrected chi connectivity index (χ0v) is 13.6. The molecule has 1 aromatic rings. The van der Waals surface area contributed by atoms with Crippen molar-refractivity contribution in [1.29, 1.82) is 0 Å². The van der Waals surface area contributed by atoms with Crippen LogP contribution in [0, 0.1) is 0 Å². The Labute approximate surface area is 134 Å². The Morgan fingerprint density at radius 3 is 2.95 bits per heavy atom. The van der Waals surface area contributed by atoms with Crippen LogP contribution in [0.1, 0.15) is 12.0 Å². The van der Waals surface area contributed by atoms with Crippen molar-refractivity contribution >= 4 is 33.4 Å². The van der Waals surface area contributed by atoms with E-state index >= 15 is 0 Å². The van der Waals surface area contributed by atoms with Gasteiger partial charge in [-0.25, -0.2) is 8.42 Å². The fourth-order valence-corrected chi connectivity index (χ4v) is 3.96. The number of ether oxygens (including phenoxy) is 1. The van der Waals surface area contributed by atoms with Gasteiger partial charge < -0.3 is 15.2 Å². The Balaban J connectivity index is 1.86. The first-order valence-corrected chi connectivity index (χ1v) is 8.79. The van der Waals surface area contributed by atoms with Gasteiger partial charge in [0.15, 0.2) is 26.4 Å². The molecule has 1 aliphatic rings. The van der Waals surface area contributed by atoms with Crippen LogP contribution in [0.15, 0.2) is 23.3 Å². The van der Waals surface area contributed by atoms with E-state index in [1.807, 2.05) is 0 Å². The third-order valence-electron chi connectivity index (χ3n) is 3.15. The Hall–Kier alpha value is -1.87. The van der Waals surface area contributed by atoms with Crippen molar-refractivity contribution < 1.29 is 18.3 Å². The highest BCUT2D eigenvalue weighted by Gasteiger charge is 2.28. The van der Waals surface area contributed by atoms with Gasteiger partial charge in [-0.3, -0.25) is 5.43 Å². The number of aromatic hydroxyl groups is 1. The minimum absolute atomic E-state index is 0.0484. The number of thiocarbonyl (C=S) groups is 1. The molecule has 0 spiro atoms. The lowest BCUT2D eigenvalue weighted by molar-refractivity contribution is 0.373. The lowest BCUT2D eigenvalue weighted by Gasteiger charge is -2.12. The van der Waals surface area contributed by atoms with E-state index in [9.17, 15) is 13.5 Å². The number of nitrogens with one attached hydrogen (secondary N) is 2. The SMILES string of the molecule is COc1cc(/C=N/NC(=S)NC2CCS(=O)(=O)C2)ccc1O. The van der Waals surface area contributed by atoms with Gasteiger partial charge in [0.2, 0.25) is 0 Å². The van der Waals surface area contributed by atoms with Gasteiger partial charge in [0.25, 0.3) is 0 Å². The smallest absolute Gasteiger partial charge is 0.187 e. The van der Waals surface area contributed by atoms with E-state index in [1.54, 1.807) is 12.1 Å². The van der Waals surface area contributed by atoms with Crippen LogP contribution in [0.25, 0.3) is 0 Å². The second kappa shape index (κ2) is 6.93. The van der Waals surface area contributed by atoms with Crippen LogP contribution >= 0.6 is 12.2 Å². The molecule has 1 fully saturated rings. The van der Waals surface area contributed by atoms with Gasteiger partial charge in [0.1, 0.15) is 0 Å². The molecule has 0 aromatic heterocycles. The molecule has 0 amide bonds. The van der Waals surface area contributed by atoms with E-state index in [-0.39, 0.29) is 28.4 Å². The molecule has 1 heterocycles. The molecule has 1 aromatic carbocycles. The highest BCUT2D eigenvalue weighted by atomic mass is 32.2. The van der Waals surface area contributed by atoms with Gasteiger partial charge in [-0.15, -0.1) is 0 Å². The average molecular weight is 343 g/mol. The van der Waals surface area contributed by atoms with Crippen LogP contribution in [-0.4, -0.2) is 49.5 Å². The largest absolute Gasteiger partial charge is 0.504 e. The first-order chi connectivity index (χ1) is 10.4. The molecule has 1 unspecified atom stereocenters. The molecule has 1 saturated heterocycles. The lowest BCUT2D eigenvalue weighted by Crippen LogP contribution is -2.40. The molecule has 120 valence electrons. The van der Waals surface area contributed by atoms with Crippen molar-refractivity contribution in [3.05, 3.63) is 23.8 Å². The van der Waals surface area contributed by atoms with Crippen LogP contribution in [0.3, 0.4) is 0 Å². The highest BCUT2D eigenvalue weighted by Crippen LogP contribution is 2.25. The van der Waals surface area contributed by atoms with Crippen LogP contribution < -0.4 is 15.5 Å². The molecule has 3 N–H and O–H groups in total. The summed E-state index contributed by atoms with van der Waals surface area (Å²) in [6.45, 7) is 0. The Morgan fingerprint density at radius 1 is 1.55 bits per heavy atom. The lowest BCUT2D eigenvalue weighted by atomic mass is 10.2. The first kappa shape index (κ1) is 16.5. The number of benzene rings is 1. The van der Waals surface area contributed by atoms with Gasteiger partial charge in [0, 0.05) is 6.04 Å². The summed E-state index contributed by atoms with van der Waals surface area (Å²) in [6, 6.07) is 4.62. The molecular formula is C13H17N3O4S2. The van der Waals surface area contributed by atoms with E-state index in [2.05, 4.69) is 15.8 Å². The molecular weight excluding hydrogens is 326 g/mol. The number of methoxy groups -OCH3 is 1. The summed E-state index contributed by atoms with van der Waals surface area (Å²) in [5.41, 5.74) is 3.35. The fourth-order valence-electron chi connectivity index (χ4n) is 2.07. The van der Waals surface area contributed by atoms with Gasteiger partial charge >= 0.3 is 0 Å². The Bertz CT molecular complexity index is 689. The van der Waals surface area contributed by atoms with Gasteiger partial charge in [0.05, 0.1) is 24.8 Å². The minimum Gasteiger partial charge on any atom is -0.504 e. The maximum absolute atomic E-state index is 11.3. The summed E-state index contributed by atoms with van der Waals surface area (Å²) < 4.78 is 27.7. The maximum Gasteiger partial charge on any atom is 0.187 e. The van der Waals surface area contributed by atoms with Crippen LogP contribution in [0.5, 0.6) is 11.5 Å². The molecule has 2 rings (SSSR count). The topological polar surface area (TPSA) is 100 Å². The number of hydrogen-bond acceptors (Lipinski definition) is 6. The number of nitrogens with zero attached hydrogens (tertiary/aromatic N) is 1. The van der Waals surface area contributed by atoms with Crippen molar-refractivity contribution in [1.82, 2.24) is 10.7 Å². The first-order valence-electron chi connectivity index (χ1n) is 6.56. The molecule has 9 heteroatoms. The fraction of sp³-hybridized carbons (Fsp3) is 0.385. The van der Waals surface area contributed by atoms with Gasteiger partial charge in [-0.05, 0) is 42.4 Å². The molecule has 22 heavy (non-hydrogen) atoms. The summed E-state index contributed by atoms with van der Waals surface area (Å²) in [5.74, 6) is 0.672. The molecule has 0 bridgehead atoms. The zero-order chi connectivity index (χ0) is 16.2. The predicted molar refractivity (Wildman–Crippen MR) is 88.2 cm³/mol. The molecule has 7 nitrogen and oxygen atoms in total. The Kier molecular flexibility index (Phi) is 5.19. The van der Waals surface area contributed by atoms with Crippen LogP contribution in [-0.2, 0) is 9.84 Å². The average Bonchev–Trinajstić information content (AvgIpc) is 2.79. The third-order valence-corrected chi connectivity index (χ3v) is 5.13. The zero-order valence-electron chi connectivity index (χ0n) is 11.9. The summed E-state index contributed by atoms with van der Waals surface area (Å²) in [6.07, 6.45) is 2.06. The highest BCUT2D eigenvalue weighted by molar-refractivity contribution is 7.91. The van der Waals surface area contributed by atoms with Gasteiger partial charge in [-0.2, -0.15) is 5.10 Å². The van der Waals surface area contributed by atoms with E-state index in [1.165, 1.54) is 19.4 Å². The third kappa shape index (κ3) is 4.57. The summed E-state index contributed by atoms with van der Waals surface area (Å²) >= 11 is 5.05. The van der Waals surface area contributed by atoms with E-state index < -0.39 is 9.84 Å². The molecule has 0 aliphatic carbocycles. The van der Waals surface area contributed by atoms with Gasteiger partial charge in [-0.1, -0.05) is 0 Å². The number of phenols is 1. The second-order valence-electron chi connectivity index (χ2n) is 4.87. The van der Waals surface area contributed by atoms with E-state index in [4.69, 9.17) is 17.0 Å². The van der Waals surface area contributed by atoms with Crippen molar-refractivity contribution in [2.24, 2.45) is 5.10 Å². The molecule has 1 aliphatic heterocycles. The quantitative estimate of drug-likeness (QED) is 0.413.